The van der Waals surface area contributed by atoms with E-state index in [1.54, 1.807) is 6.07 Å². The third-order valence-electron chi connectivity index (χ3n) is 4.52. The van der Waals surface area contributed by atoms with Crippen LogP contribution in [-0.4, -0.2) is 15.6 Å². The van der Waals surface area contributed by atoms with Crippen LogP contribution in [0.15, 0.2) is 27.7 Å². The zero-order valence-electron chi connectivity index (χ0n) is 12.3. The number of hydrogen-bond acceptors (Lipinski definition) is 5. The Kier molecular flexibility index (Phi) is 3.19. The molecule has 0 radical (unpaired) electrons. The van der Waals surface area contributed by atoms with Crippen LogP contribution in [0.4, 0.5) is 11.5 Å². The van der Waals surface area contributed by atoms with E-state index in [2.05, 4.69) is 15.8 Å². The van der Waals surface area contributed by atoms with Crippen molar-refractivity contribution >= 4 is 29.0 Å². The van der Waals surface area contributed by atoms with Crippen LogP contribution in [-0.2, 0) is 5.66 Å². The molecule has 2 aromatic heterocycles. The van der Waals surface area contributed by atoms with Crippen LogP contribution in [0, 0.1) is 0 Å². The van der Waals surface area contributed by atoms with Crippen molar-refractivity contribution in [3.63, 3.8) is 0 Å². The first-order valence-electron chi connectivity index (χ1n) is 7.57. The Morgan fingerprint density at radius 3 is 2.78 bits per heavy atom. The van der Waals surface area contributed by atoms with Gasteiger partial charge >= 0.3 is 0 Å². The molecule has 120 valence electrons. The molecule has 0 saturated heterocycles. The third-order valence-corrected chi connectivity index (χ3v) is 4.81. The van der Waals surface area contributed by atoms with Crippen LogP contribution in [0.2, 0.25) is 5.02 Å². The lowest BCUT2D eigenvalue weighted by molar-refractivity contribution is 0.0877. The number of nitrogens with one attached hydrogen (secondary N) is 2. The quantitative estimate of drug-likeness (QED) is 0.881. The summed E-state index contributed by atoms with van der Waals surface area (Å²) < 4.78 is 6.28. The van der Waals surface area contributed by atoms with Gasteiger partial charge in [-0.15, -0.1) is 0 Å². The van der Waals surface area contributed by atoms with E-state index in [0.29, 0.717) is 5.82 Å². The van der Waals surface area contributed by atoms with E-state index in [1.807, 2.05) is 0 Å². The molecule has 2 aromatic rings. The Morgan fingerprint density at radius 2 is 2.09 bits per heavy atom. The molecule has 7 nitrogen and oxygen atoms in total. The van der Waals surface area contributed by atoms with E-state index in [1.165, 1.54) is 16.9 Å². The van der Waals surface area contributed by atoms with E-state index in [-0.39, 0.29) is 27.9 Å². The van der Waals surface area contributed by atoms with Crippen LogP contribution >= 0.6 is 11.6 Å². The van der Waals surface area contributed by atoms with Crippen molar-refractivity contribution in [3.05, 3.63) is 39.5 Å². The SMILES string of the molecule is O=C1NC2(CCCCC2)n2c1c(Cl)cc(Nc1ccon1)c2=O. The van der Waals surface area contributed by atoms with Crippen LogP contribution in [0.1, 0.15) is 42.6 Å². The summed E-state index contributed by atoms with van der Waals surface area (Å²) in [7, 11) is 0. The standard InChI is InChI=1S/C15H15ClN4O3/c16-9-8-10(17-11-4-7-23-19-11)14(22)20-12(9)13(21)18-15(20)5-2-1-3-6-15/h4,7-8H,1-3,5-6H2,(H,17,19)(H,18,21). The minimum absolute atomic E-state index is 0.240. The smallest absolute Gasteiger partial charge is 0.276 e. The summed E-state index contributed by atoms with van der Waals surface area (Å²) in [5.41, 5.74) is -0.432. The normalized spacial score (nSPS) is 18.7. The summed E-state index contributed by atoms with van der Waals surface area (Å²) in [6.45, 7) is 0. The largest absolute Gasteiger partial charge is 0.363 e. The number of aromatic nitrogens is 2. The zero-order chi connectivity index (χ0) is 16.0. The summed E-state index contributed by atoms with van der Waals surface area (Å²) in [5.74, 6) is 0.121. The molecule has 0 bridgehead atoms. The molecule has 1 aliphatic carbocycles. The molecule has 0 unspecified atom stereocenters. The van der Waals surface area contributed by atoms with Gasteiger partial charge in [0.15, 0.2) is 5.82 Å². The summed E-state index contributed by atoms with van der Waals surface area (Å²) in [4.78, 5) is 25.3. The maximum absolute atomic E-state index is 12.9. The van der Waals surface area contributed by atoms with Gasteiger partial charge in [-0.25, -0.2) is 0 Å². The van der Waals surface area contributed by atoms with Crippen molar-refractivity contribution in [2.75, 3.05) is 5.32 Å². The minimum Gasteiger partial charge on any atom is -0.363 e. The molecule has 1 spiro atoms. The molecule has 1 aliphatic heterocycles. The van der Waals surface area contributed by atoms with Crippen molar-refractivity contribution in [2.24, 2.45) is 0 Å². The molecule has 8 heteroatoms. The van der Waals surface area contributed by atoms with Crippen molar-refractivity contribution in [1.29, 1.82) is 0 Å². The fourth-order valence-corrected chi connectivity index (χ4v) is 3.80. The fourth-order valence-electron chi connectivity index (χ4n) is 3.52. The van der Waals surface area contributed by atoms with E-state index < -0.39 is 5.66 Å². The zero-order valence-corrected chi connectivity index (χ0v) is 13.0. The monoisotopic (exact) mass is 334 g/mol. The summed E-state index contributed by atoms with van der Waals surface area (Å²) in [5, 5.41) is 9.86. The van der Waals surface area contributed by atoms with Gasteiger partial charge in [-0.3, -0.25) is 14.2 Å². The number of amides is 1. The number of carbonyl (C=O) groups is 1. The predicted octanol–water partition coefficient (Wildman–Crippen LogP) is 2.59. The topological polar surface area (TPSA) is 89.2 Å². The van der Waals surface area contributed by atoms with Crippen LogP contribution in [0.3, 0.4) is 0 Å². The second kappa shape index (κ2) is 5.13. The number of halogens is 1. The lowest BCUT2D eigenvalue weighted by atomic mass is 9.89. The molecular formula is C15H15ClN4O3. The van der Waals surface area contributed by atoms with E-state index in [0.717, 1.165) is 32.1 Å². The number of rotatable bonds is 2. The highest BCUT2D eigenvalue weighted by molar-refractivity contribution is 6.34. The summed E-state index contributed by atoms with van der Waals surface area (Å²) in [6, 6.07) is 3.07. The van der Waals surface area contributed by atoms with Crippen molar-refractivity contribution in [3.8, 4) is 0 Å². The van der Waals surface area contributed by atoms with E-state index >= 15 is 0 Å². The van der Waals surface area contributed by atoms with E-state index in [9.17, 15) is 9.59 Å². The number of carbonyl (C=O) groups excluding carboxylic acids is 1. The highest BCUT2D eigenvalue weighted by atomic mass is 35.5. The summed E-state index contributed by atoms with van der Waals surface area (Å²) >= 11 is 6.28. The maximum atomic E-state index is 12.9. The maximum Gasteiger partial charge on any atom is 0.276 e. The summed E-state index contributed by atoms with van der Waals surface area (Å²) in [6.07, 6.45) is 5.90. The van der Waals surface area contributed by atoms with Crippen LogP contribution in [0.25, 0.3) is 0 Å². The molecule has 1 saturated carbocycles. The lowest BCUT2D eigenvalue weighted by Gasteiger charge is -2.35. The molecular weight excluding hydrogens is 320 g/mol. The van der Waals surface area contributed by atoms with Crippen molar-refractivity contribution in [2.45, 2.75) is 37.8 Å². The van der Waals surface area contributed by atoms with Crippen molar-refractivity contribution in [1.82, 2.24) is 15.0 Å². The molecule has 1 fully saturated rings. The molecule has 3 heterocycles. The van der Waals surface area contributed by atoms with Gasteiger partial charge in [-0.2, -0.15) is 0 Å². The minimum atomic E-state index is -0.660. The Labute approximate surface area is 136 Å². The molecule has 2 N–H and O–H groups in total. The molecule has 2 aliphatic rings. The van der Waals surface area contributed by atoms with Crippen molar-refractivity contribution < 1.29 is 9.32 Å². The fraction of sp³-hybridized carbons (Fsp3) is 0.400. The van der Waals surface area contributed by atoms with Gasteiger partial charge in [0.05, 0.1) is 5.02 Å². The average Bonchev–Trinajstić information content (AvgIpc) is 3.12. The van der Waals surface area contributed by atoms with Crippen LogP contribution < -0.4 is 16.2 Å². The number of fused-ring (bicyclic) bond motifs is 2. The third kappa shape index (κ3) is 2.15. The number of pyridine rings is 1. The van der Waals surface area contributed by atoms with Gasteiger partial charge in [0, 0.05) is 6.07 Å². The molecule has 4 rings (SSSR count). The van der Waals surface area contributed by atoms with Crippen LogP contribution in [0.5, 0.6) is 0 Å². The van der Waals surface area contributed by atoms with Gasteiger partial charge in [0.2, 0.25) is 0 Å². The Balaban J connectivity index is 1.87. The molecule has 0 aromatic carbocycles. The first-order valence-corrected chi connectivity index (χ1v) is 7.94. The Bertz CT molecular complexity index is 822. The van der Waals surface area contributed by atoms with Gasteiger partial charge in [0.1, 0.15) is 23.3 Å². The highest BCUT2D eigenvalue weighted by Crippen LogP contribution is 2.38. The van der Waals surface area contributed by atoms with Gasteiger partial charge < -0.3 is 15.2 Å². The number of anilines is 2. The molecule has 1 amide bonds. The number of nitrogens with zero attached hydrogens (tertiary/aromatic N) is 2. The Hall–Kier alpha value is -2.28. The Morgan fingerprint density at radius 1 is 1.30 bits per heavy atom. The number of hydrogen-bond donors (Lipinski definition) is 2. The molecule has 0 atom stereocenters. The van der Waals surface area contributed by atoms with E-state index in [4.69, 9.17) is 16.1 Å². The van der Waals surface area contributed by atoms with Gasteiger partial charge in [-0.05, 0) is 31.7 Å². The lowest BCUT2D eigenvalue weighted by Crippen LogP contribution is -2.48. The first-order chi connectivity index (χ1) is 11.1. The van der Waals surface area contributed by atoms with Gasteiger partial charge in [0.25, 0.3) is 11.5 Å². The second-order valence-electron chi connectivity index (χ2n) is 5.95. The first kappa shape index (κ1) is 14.3. The predicted molar refractivity (Wildman–Crippen MR) is 84.0 cm³/mol. The highest BCUT2D eigenvalue weighted by Gasteiger charge is 2.45. The molecule has 23 heavy (non-hydrogen) atoms. The average molecular weight is 335 g/mol. The second-order valence-corrected chi connectivity index (χ2v) is 6.36. The van der Waals surface area contributed by atoms with Gasteiger partial charge in [-0.1, -0.05) is 23.2 Å².